The van der Waals surface area contributed by atoms with Crippen molar-refractivity contribution in [1.82, 2.24) is 10.2 Å². The van der Waals surface area contributed by atoms with Gasteiger partial charge in [-0.2, -0.15) is 0 Å². The molecule has 6 heteroatoms. The molecule has 1 saturated heterocycles. The Kier molecular flexibility index (Phi) is 4.62. The molecular weight excluding hydrogens is 274 g/mol. The van der Waals surface area contributed by atoms with Crippen LogP contribution in [-0.2, 0) is 9.59 Å². The largest absolute Gasteiger partial charge is 0.392 e. The van der Waals surface area contributed by atoms with E-state index in [1.165, 1.54) is 0 Å². The number of nitrogens with two attached hydrogens (primary N) is 1. The van der Waals surface area contributed by atoms with Crippen LogP contribution in [0, 0.1) is 5.41 Å². The molecule has 1 heterocycles. The zero-order valence-electron chi connectivity index (χ0n) is 12.0. The first kappa shape index (κ1) is 15.2. The minimum Gasteiger partial charge on any atom is -0.392 e. The number of hydrogen-bond donors (Lipinski definition) is 2. The summed E-state index contributed by atoms with van der Waals surface area (Å²) in [6, 6.07) is 0.0124. The molecule has 0 aromatic carbocycles. The van der Waals surface area contributed by atoms with Gasteiger partial charge < -0.3 is 16.0 Å². The Morgan fingerprint density at radius 1 is 1.40 bits per heavy atom. The average molecular weight is 297 g/mol. The summed E-state index contributed by atoms with van der Waals surface area (Å²) in [4.78, 5) is 26.1. The highest BCUT2D eigenvalue weighted by Gasteiger charge is 2.43. The molecule has 5 nitrogen and oxygen atoms in total. The second-order valence-electron chi connectivity index (χ2n) is 5.99. The van der Waals surface area contributed by atoms with E-state index in [2.05, 4.69) is 5.32 Å². The van der Waals surface area contributed by atoms with E-state index < -0.39 is 5.41 Å². The molecule has 1 aliphatic carbocycles. The van der Waals surface area contributed by atoms with Crippen LogP contribution < -0.4 is 11.1 Å². The molecule has 0 aromatic rings. The number of carbonyl (C=O) groups is 2. The van der Waals surface area contributed by atoms with Gasteiger partial charge in [0.05, 0.1) is 10.4 Å². The summed E-state index contributed by atoms with van der Waals surface area (Å²) in [6.45, 7) is 0.567. The number of piperidine rings is 1. The van der Waals surface area contributed by atoms with Crippen molar-refractivity contribution >= 4 is 29.0 Å². The molecule has 2 aliphatic rings. The van der Waals surface area contributed by atoms with Gasteiger partial charge in [0.2, 0.25) is 11.8 Å². The number of amides is 2. The van der Waals surface area contributed by atoms with Crippen LogP contribution in [0.2, 0.25) is 0 Å². The van der Waals surface area contributed by atoms with Crippen LogP contribution >= 0.6 is 12.2 Å². The summed E-state index contributed by atoms with van der Waals surface area (Å²) in [7, 11) is 1.77. The van der Waals surface area contributed by atoms with Crippen LogP contribution in [0.25, 0.3) is 0 Å². The Labute approximate surface area is 125 Å². The lowest BCUT2D eigenvalue weighted by atomic mass is 9.73. The maximum atomic E-state index is 12.6. The number of likely N-dealkylation sites (N-methyl/N-ethyl adjacent to an activating group) is 1. The Hall–Kier alpha value is -1.17. The quantitative estimate of drug-likeness (QED) is 0.761. The van der Waals surface area contributed by atoms with Crippen molar-refractivity contribution in [3.05, 3.63) is 0 Å². The van der Waals surface area contributed by atoms with Crippen LogP contribution in [0.5, 0.6) is 0 Å². The second-order valence-corrected chi connectivity index (χ2v) is 6.43. The van der Waals surface area contributed by atoms with Gasteiger partial charge in [-0.25, -0.2) is 0 Å². The van der Waals surface area contributed by atoms with E-state index in [0.29, 0.717) is 24.4 Å². The van der Waals surface area contributed by atoms with Crippen molar-refractivity contribution in [2.75, 3.05) is 13.6 Å². The molecule has 0 bridgehead atoms. The van der Waals surface area contributed by atoms with Gasteiger partial charge >= 0.3 is 0 Å². The Morgan fingerprint density at radius 2 is 2.05 bits per heavy atom. The molecule has 3 N–H and O–H groups in total. The van der Waals surface area contributed by atoms with Crippen LogP contribution in [0.1, 0.15) is 44.9 Å². The number of nitrogens with zero attached hydrogens (tertiary/aromatic N) is 1. The van der Waals surface area contributed by atoms with Gasteiger partial charge in [-0.05, 0) is 19.3 Å². The third kappa shape index (κ3) is 2.95. The molecule has 20 heavy (non-hydrogen) atoms. The van der Waals surface area contributed by atoms with E-state index >= 15 is 0 Å². The number of nitrogens with one attached hydrogen (secondary N) is 1. The Morgan fingerprint density at radius 3 is 2.60 bits per heavy atom. The van der Waals surface area contributed by atoms with E-state index in [4.69, 9.17) is 18.0 Å². The molecule has 2 amide bonds. The molecule has 0 aromatic heterocycles. The summed E-state index contributed by atoms with van der Waals surface area (Å²) in [5, 5.41) is 3.06. The number of hydrogen-bond acceptors (Lipinski definition) is 3. The van der Waals surface area contributed by atoms with E-state index in [1.807, 2.05) is 0 Å². The van der Waals surface area contributed by atoms with E-state index in [1.54, 1.807) is 11.9 Å². The fourth-order valence-corrected chi connectivity index (χ4v) is 3.49. The molecule has 1 atom stereocenters. The van der Waals surface area contributed by atoms with Gasteiger partial charge in [-0.1, -0.05) is 31.5 Å². The van der Waals surface area contributed by atoms with E-state index in [9.17, 15) is 9.59 Å². The summed E-state index contributed by atoms with van der Waals surface area (Å²) < 4.78 is 0. The average Bonchev–Trinajstić information content (AvgIpc) is 2.43. The van der Waals surface area contributed by atoms with Crippen LogP contribution in [0.15, 0.2) is 0 Å². The maximum Gasteiger partial charge on any atom is 0.233 e. The third-order valence-electron chi connectivity index (χ3n) is 4.58. The third-order valence-corrected chi connectivity index (χ3v) is 4.97. The predicted molar refractivity (Wildman–Crippen MR) is 81.1 cm³/mol. The number of rotatable bonds is 3. The highest BCUT2D eigenvalue weighted by atomic mass is 32.1. The van der Waals surface area contributed by atoms with Crippen molar-refractivity contribution in [1.29, 1.82) is 0 Å². The van der Waals surface area contributed by atoms with Crippen molar-refractivity contribution in [3.8, 4) is 0 Å². The van der Waals surface area contributed by atoms with Gasteiger partial charge in [0, 0.05) is 26.1 Å². The van der Waals surface area contributed by atoms with E-state index in [-0.39, 0.29) is 17.9 Å². The molecular formula is C14H23N3O2S. The lowest BCUT2D eigenvalue weighted by Gasteiger charge is -2.37. The number of likely N-dealkylation sites (tertiary alicyclic amines) is 1. The molecule has 0 spiro atoms. The zero-order chi connectivity index (χ0) is 14.8. The highest BCUT2D eigenvalue weighted by molar-refractivity contribution is 7.80. The lowest BCUT2D eigenvalue weighted by Crippen LogP contribution is -2.56. The predicted octanol–water partition coefficient (Wildman–Crippen LogP) is 0.960. The van der Waals surface area contributed by atoms with Gasteiger partial charge in [0.1, 0.15) is 0 Å². The van der Waals surface area contributed by atoms with Crippen molar-refractivity contribution in [2.45, 2.75) is 51.0 Å². The first-order valence-corrected chi connectivity index (χ1v) is 7.71. The molecule has 1 aliphatic heterocycles. The summed E-state index contributed by atoms with van der Waals surface area (Å²) in [5.74, 6) is 0.0923. The van der Waals surface area contributed by atoms with Crippen molar-refractivity contribution in [2.24, 2.45) is 11.1 Å². The first-order chi connectivity index (χ1) is 9.45. The minimum atomic E-state index is -0.673. The summed E-state index contributed by atoms with van der Waals surface area (Å²) >= 11 is 5.17. The van der Waals surface area contributed by atoms with Crippen LogP contribution in [0.4, 0.5) is 0 Å². The van der Waals surface area contributed by atoms with Gasteiger partial charge in [0.15, 0.2) is 0 Å². The minimum absolute atomic E-state index is 0.0124. The zero-order valence-corrected chi connectivity index (χ0v) is 12.8. The maximum absolute atomic E-state index is 12.6. The van der Waals surface area contributed by atoms with E-state index in [0.717, 1.165) is 32.1 Å². The summed E-state index contributed by atoms with van der Waals surface area (Å²) in [5.41, 5.74) is 5.19. The Bertz CT molecular complexity index is 419. The second kappa shape index (κ2) is 6.08. The topological polar surface area (TPSA) is 75.4 Å². The smallest absolute Gasteiger partial charge is 0.233 e. The van der Waals surface area contributed by atoms with Crippen LogP contribution in [-0.4, -0.2) is 41.3 Å². The SMILES string of the molecule is CN1CC(NC(=O)C2(C(N)=S)CCCCC2)CCC1=O. The van der Waals surface area contributed by atoms with Gasteiger partial charge in [-0.3, -0.25) is 9.59 Å². The van der Waals surface area contributed by atoms with Crippen molar-refractivity contribution in [3.63, 3.8) is 0 Å². The normalized spacial score (nSPS) is 26.1. The fourth-order valence-electron chi connectivity index (χ4n) is 3.19. The van der Waals surface area contributed by atoms with Crippen LogP contribution in [0.3, 0.4) is 0 Å². The fraction of sp³-hybridized carbons (Fsp3) is 0.786. The monoisotopic (exact) mass is 297 g/mol. The molecule has 1 unspecified atom stereocenters. The highest BCUT2D eigenvalue weighted by Crippen LogP contribution is 2.37. The first-order valence-electron chi connectivity index (χ1n) is 7.30. The number of carbonyl (C=O) groups excluding carboxylic acids is 2. The number of thiocarbonyl (C=S) groups is 1. The van der Waals surface area contributed by atoms with Gasteiger partial charge in [0.25, 0.3) is 0 Å². The molecule has 0 radical (unpaired) electrons. The van der Waals surface area contributed by atoms with Crippen molar-refractivity contribution < 1.29 is 9.59 Å². The Balaban J connectivity index is 2.02. The summed E-state index contributed by atoms with van der Waals surface area (Å²) in [6.07, 6.45) is 5.80. The molecule has 2 fully saturated rings. The lowest BCUT2D eigenvalue weighted by molar-refractivity contribution is -0.135. The van der Waals surface area contributed by atoms with Gasteiger partial charge in [-0.15, -0.1) is 0 Å². The standard InChI is InChI=1S/C14H23N3O2S/c1-17-9-10(5-6-11(17)18)16-13(19)14(12(15)20)7-3-2-4-8-14/h10H,2-9H2,1H3,(H2,15,20)(H,16,19). The molecule has 2 rings (SSSR count). The molecule has 112 valence electrons. The molecule has 1 saturated carbocycles.